The molecule has 0 amide bonds. The number of rotatable bonds is 8. The van der Waals surface area contributed by atoms with Crippen molar-refractivity contribution in [3.63, 3.8) is 0 Å². The maximum Gasteiger partial charge on any atom is 0.342 e. The van der Waals surface area contributed by atoms with Crippen molar-refractivity contribution in [2.45, 2.75) is 77.7 Å². The van der Waals surface area contributed by atoms with E-state index in [0.717, 1.165) is 6.42 Å². The number of hydrogen-bond donors (Lipinski definition) is 0. The van der Waals surface area contributed by atoms with Crippen LogP contribution in [-0.2, 0) is 23.7 Å². The molecule has 3 unspecified atom stereocenters. The second-order valence-electron chi connectivity index (χ2n) is 11.2. The Labute approximate surface area is 253 Å². The summed E-state index contributed by atoms with van der Waals surface area (Å²) in [4.78, 5) is 26.7. The summed E-state index contributed by atoms with van der Waals surface area (Å²) in [5.41, 5.74) is 1.27. The lowest BCUT2D eigenvalue weighted by Gasteiger charge is -2.25. The zero-order chi connectivity index (χ0) is 31.0. The first-order chi connectivity index (χ1) is 20.6. The van der Waals surface area contributed by atoms with E-state index in [9.17, 15) is 9.59 Å². The predicted molar refractivity (Wildman–Crippen MR) is 161 cm³/mol. The van der Waals surface area contributed by atoms with Gasteiger partial charge in [-0.3, -0.25) is 0 Å². The fourth-order valence-corrected chi connectivity index (χ4v) is 4.91. The summed E-state index contributed by atoms with van der Waals surface area (Å²) in [6.07, 6.45) is 6.32. The van der Waals surface area contributed by atoms with Gasteiger partial charge in [0, 0.05) is 19.1 Å². The van der Waals surface area contributed by atoms with E-state index in [1.54, 1.807) is 42.5 Å². The number of hydrogen-bond acceptors (Lipinski definition) is 9. The lowest BCUT2D eigenvalue weighted by Crippen LogP contribution is -2.37. The molecule has 2 aromatic rings. The Kier molecular flexibility index (Phi) is 11.0. The average Bonchev–Trinajstić information content (AvgIpc) is 3.30. The molecule has 1 fully saturated rings. The third-order valence-corrected chi connectivity index (χ3v) is 7.22. The number of fused-ring (bicyclic) bond motifs is 2. The van der Waals surface area contributed by atoms with Crippen molar-refractivity contribution in [2.75, 3.05) is 20.5 Å². The van der Waals surface area contributed by atoms with Crippen LogP contribution in [0, 0.1) is 5.92 Å². The summed E-state index contributed by atoms with van der Waals surface area (Å²) in [7, 11) is 1.51. The second kappa shape index (κ2) is 14.7. The number of benzene rings is 2. The van der Waals surface area contributed by atoms with E-state index >= 15 is 0 Å². The largest absolute Gasteiger partial charge is 0.493 e. The highest BCUT2D eigenvalue weighted by molar-refractivity contribution is 5.97. The van der Waals surface area contributed by atoms with Gasteiger partial charge in [0.15, 0.2) is 12.6 Å². The number of cyclic esters (lactones) is 1. The zero-order valence-electron chi connectivity index (χ0n) is 25.7. The Hall–Kier alpha value is -3.66. The maximum absolute atomic E-state index is 13.6. The molecular formula is C34H42O9. The van der Waals surface area contributed by atoms with Gasteiger partial charge in [-0.2, -0.15) is 0 Å². The molecule has 232 valence electrons. The summed E-state index contributed by atoms with van der Waals surface area (Å²) in [6, 6.07) is 12.3. The molecule has 9 heteroatoms. The molecule has 0 aliphatic carbocycles. The predicted octanol–water partition coefficient (Wildman–Crippen LogP) is 6.36. The van der Waals surface area contributed by atoms with Gasteiger partial charge in [0.1, 0.15) is 35.4 Å². The molecule has 5 atom stereocenters. The standard InChI is InChI=1S/C34H42O9/c1-7-18-38-26-19-25-14-11-15-28-31(43-34(4,5)42-28)27(41-32(35)24-12-9-8-10-13-24)17-16-22(2)23(3)40-33(36)30(25)29(20-26)39-21-37-6/h8-14,16-17,19-20,22-23,27-28,31H,7,15,18,21H2,1-6H3/b14-11?,17-16-/t22-,23+,27?,28?,31?/m1/s1. The molecule has 43 heavy (non-hydrogen) atoms. The molecule has 2 aliphatic rings. The lowest BCUT2D eigenvalue weighted by molar-refractivity contribution is -0.152. The van der Waals surface area contributed by atoms with E-state index in [1.807, 2.05) is 58.9 Å². The van der Waals surface area contributed by atoms with Crippen LogP contribution in [0.25, 0.3) is 6.08 Å². The summed E-state index contributed by atoms with van der Waals surface area (Å²) >= 11 is 0. The smallest absolute Gasteiger partial charge is 0.342 e. The monoisotopic (exact) mass is 594 g/mol. The quantitative estimate of drug-likeness (QED) is 0.196. The van der Waals surface area contributed by atoms with Crippen LogP contribution in [0.4, 0.5) is 0 Å². The summed E-state index contributed by atoms with van der Waals surface area (Å²) in [5, 5.41) is 0. The zero-order valence-corrected chi connectivity index (χ0v) is 25.7. The van der Waals surface area contributed by atoms with Gasteiger partial charge in [0.05, 0.1) is 18.3 Å². The molecule has 0 bridgehead atoms. The first kappa shape index (κ1) is 32.3. The molecule has 2 heterocycles. The van der Waals surface area contributed by atoms with Gasteiger partial charge in [-0.25, -0.2) is 9.59 Å². The van der Waals surface area contributed by atoms with Crippen LogP contribution in [0.2, 0.25) is 0 Å². The van der Waals surface area contributed by atoms with Crippen molar-refractivity contribution < 1.29 is 42.7 Å². The van der Waals surface area contributed by atoms with Crippen molar-refractivity contribution in [3.8, 4) is 11.5 Å². The topological polar surface area (TPSA) is 98.8 Å². The van der Waals surface area contributed by atoms with Crippen LogP contribution in [-0.4, -0.2) is 62.7 Å². The number of ether oxygens (including phenoxy) is 7. The van der Waals surface area contributed by atoms with Crippen molar-refractivity contribution >= 4 is 18.0 Å². The Morgan fingerprint density at radius 1 is 1.05 bits per heavy atom. The minimum atomic E-state index is -0.902. The molecule has 1 saturated heterocycles. The SMILES string of the molecule is CCCOc1cc2c(c(OCOC)c1)C(=O)O[C@@H](C)[C@H](C)/C=C\C(OC(=O)c1ccccc1)C1OC(C)(C)OC1CC=C2. The molecular weight excluding hydrogens is 552 g/mol. The van der Waals surface area contributed by atoms with Crippen LogP contribution in [0.5, 0.6) is 11.5 Å². The molecule has 0 radical (unpaired) electrons. The van der Waals surface area contributed by atoms with Crippen LogP contribution in [0.3, 0.4) is 0 Å². The van der Waals surface area contributed by atoms with E-state index in [2.05, 4.69) is 0 Å². The number of esters is 2. The normalized spacial score (nSPS) is 25.9. The van der Waals surface area contributed by atoms with Gasteiger partial charge in [-0.1, -0.05) is 50.3 Å². The minimum Gasteiger partial charge on any atom is -0.493 e. The van der Waals surface area contributed by atoms with Gasteiger partial charge in [0.2, 0.25) is 0 Å². The van der Waals surface area contributed by atoms with E-state index in [4.69, 9.17) is 33.2 Å². The van der Waals surface area contributed by atoms with E-state index < -0.39 is 42.1 Å². The highest BCUT2D eigenvalue weighted by atomic mass is 16.8. The third kappa shape index (κ3) is 8.46. The van der Waals surface area contributed by atoms with Crippen molar-refractivity contribution in [2.24, 2.45) is 5.92 Å². The number of methoxy groups -OCH3 is 1. The summed E-state index contributed by atoms with van der Waals surface area (Å²) in [6.45, 7) is 9.88. The fourth-order valence-electron chi connectivity index (χ4n) is 4.91. The summed E-state index contributed by atoms with van der Waals surface area (Å²) < 4.78 is 41.4. The average molecular weight is 595 g/mol. The number of carbonyl (C=O) groups is 2. The molecule has 0 saturated carbocycles. The highest BCUT2D eigenvalue weighted by Gasteiger charge is 2.45. The van der Waals surface area contributed by atoms with E-state index in [0.29, 0.717) is 35.7 Å². The molecule has 0 spiro atoms. The van der Waals surface area contributed by atoms with Crippen LogP contribution >= 0.6 is 0 Å². The molecule has 2 aliphatic heterocycles. The minimum absolute atomic E-state index is 0.0531. The first-order valence-electron chi connectivity index (χ1n) is 14.7. The van der Waals surface area contributed by atoms with E-state index in [-0.39, 0.29) is 18.3 Å². The van der Waals surface area contributed by atoms with Gasteiger partial charge < -0.3 is 33.2 Å². The van der Waals surface area contributed by atoms with Crippen molar-refractivity contribution in [1.29, 1.82) is 0 Å². The van der Waals surface area contributed by atoms with Gasteiger partial charge >= 0.3 is 11.9 Å². The van der Waals surface area contributed by atoms with Crippen LogP contribution < -0.4 is 9.47 Å². The Morgan fingerprint density at radius 3 is 2.53 bits per heavy atom. The summed E-state index contributed by atoms with van der Waals surface area (Å²) in [5.74, 6) is -1.28. The van der Waals surface area contributed by atoms with Crippen LogP contribution in [0.1, 0.15) is 73.7 Å². The Morgan fingerprint density at radius 2 is 1.81 bits per heavy atom. The van der Waals surface area contributed by atoms with Gasteiger partial charge in [-0.15, -0.1) is 0 Å². The lowest BCUT2D eigenvalue weighted by atomic mass is 9.98. The van der Waals surface area contributed by atoms with Crippen molar-refractivity contribution in [1.82, 2.24) is 0 Å². The first-order valence-corrected chi connectivity index (χ1v) is 14.7. The molecule has 4 rings (SSSR count). The molecule has 2 aromatic carbocycles. The Bertz CT molecular complexity index is 1300. The van der Waals surface area contributed by atoms with Gasteiger partial charge in [-0.05, 0) is 63.5 Å². The maximum atomic E-state index is 13.6. The van der Waals surface area contributed by atoms with Crippen molar-refractivity contribution in [3.05, 3.63) is 77.4 Å². The second-order valence-corrected chi connectivity index (χ2v) is 11.2. The molecule has 9 nitrogen and oxygen atoms in total. The molecule has 0 N–H and O–H groups in total. The number of carbonyl (C=O) groups excluding carboxylic acids is 2. The molecule has 0 aromatic heterocycles. The Balaban J connectivity index is 1.74. The fraction of sp³-hybridized carbons (Fsp3) is 0.471. The van der Waals surface area contributed by atoms with Crippen LogP contribution in [0.15, 0.2) is 60.7 Å². The third-order valence-electron chi connectivity index (χ3n) is 7.22. The van der Waals surface area contributed by atoms with E-state index in [1.165, 1.54) is 7.11 Å². The van der Waals surface area contributed by atoms with Gasteiger partial charge in [0.25, 0.3) is 0 Å². The highest BCUT2D eigenvalue weighted by Crippen LogP contribution is 2.36.